The highest BCUT2D eigenvalue weighted by atomic mass is 79.9. The molecular formula is C10H8Br2S2. The van der Waals surface area contributed by atoms with Gasteiger partial charge >= 0.3 is 0 Å². The molecule has 1 atom stereocenters. The molecule has 0 fully saturated rings. The average Bonchev–Trinajstić information content (AvgIpc) is 2.75. The largest absolute Gasteiger partial charge is 0.149 e. The molecule has 74 valence electrons. The van der Waals surface area contributed by atoms with Crippen molar-refractivity contribution in [3.05, 3.63) is 43.2 Å². The molecule has 2 rings (SSSR count). The second-order valence-electron chi connectivity index (χ2n) is 2.88. The van der Waals surface area contributed by atoms with Gasteiger partial charge in [0.15, 0.2) is 0 Å². The minimum Gasteiger partial charge on any atom is -0.149 e. The summed E-state index contributed by atoms with van der Waals surface area (Å²) in [6.45, 7) is 0. The molecule has 0 nitrogen and oxygen atoms in total. The maximum atomic E-state index is 3.72. The summed E-state index contributed by atoms with van der Waals surface area (Å²) >= 11 is 10.9. The molecule has 0 saturated carbocycles. The summed E-state index contributed by atoms with van der Waals surface area (Å²) in [6.07, 6.45) is 1.07. The van der Waals surface area contributed by atoms with Gasteiger partial charge < -0.3 is 0 Å². The minimum atomic E-state index is 0.426. The molecule has 0 aliphatic heterocycles. The van der Waals surface area contributed by atoms with E-state index in [0.717, 1.165) is 6.42 Å². The van der Waals surface area contributed by atoms with E-state index in [1.165, 1.54) is 14.2 Å². The minimum absolute atomic E-state index is 0.426. The Bertz CT molecular complexity index is 392. The van der Waals surface area contributed by atoms with E-state index in [-0.39, 0.29) is 0 Å². The number of rotatable bonds is 3. The van der Waals surface area contributed by atoms with Crippen LogP contribution in [0.25, 0.3) is 0 Å². The number of thiophene rings is 2. The number of alkyl halides is 1. The number of hydrogen-bond acceptors (Lipinski definition) is 2. The second-order valence-corrected chi connectivity index (χ2v) is 6.82. The summed E-state index contributed by atoms with van der Waals surface area (Å²) in [5.41, 5.74) is 0. The Hall–Kier alpha value is 0.360. The second kappa shape index (κ2) is 4.92. The fourth-order valence-electron chi connectivity index (χ4n) is 1.23. The van der Waals surface area contributed by atoms with Gasteiger partial charge in [-0.2, -0.15) is 0 Å². The summed E-state index contributed by atoms with van der Waals surface area (Å²) in [5.74, 6) is 0. The first kappa shape index (κ1) is 10.9. The maximum absolute atomic E-state index is 3.72. The quantitative estimate of drug-likeness (QED) is 0.662. The lowest BCUT2D eigenvalue weighted by atomic mass is 10.2. The Morgan fingerprint density at radius 1 is 1.21 bits per heavy atom. The summed E-state index contributed by atoms with van der Waals surface area (Å²) in [7, 11) is 0. The van der Waals surface area contributed by atoms with Gasteiger partial charge in [0.05, 0.1) is 4.83 Å². The Kier molecular flexibility index (Phi) is 3.82. The van der Waals surface area contributed by atoms with Crippen molar-refractivity contribution in [3.8, 4) is 0 Å². The van der Waals surface area contributed by atoms with Crippen LogP contribution >= 0.6 is 54.5 Å². The Labute approximate surface area is 108 Å². The van der Waals surface area contributed by atoms with Gasteiger partial charge in [0.2, 0.25) is 0 Å². The molecule has 0 aromatic carbocycles. The highest BCUT2D eigenvalue weighted by Crippen LogP contribution is 2.37. The van der Waals surface area contributed by atoms with E-state index >= 15 is 0 Å². The molecule has 0 spiro atoms. The van der Waals surface area contributed by atoms with Crippen molar-refractivity contribution in [2.75, 3.05) is 0 Å². The first-order valence-electron chi connectivity index (χ1n) is 4.16. The lowest BCUT2D eigenvalue weighted by molar-refractivity contribution is 0.987. The van der Waals surface area contributed by atoms with Crippen LogP contribution in [-0.2, 0) is 6.42 Å². The van der Waals surface area contributed by atoms with Crippen LogP contribution in [0.1, 0.15) is 14.6 Å². The van der Waals surface area contributed by atoms with Crippen LogP contribution in [0.2, 0.25) is 0 Å². The van der Waals surface area contributed by atoms with E-state index in [4.69, 9.17) is 0 Å². The van der Waals surface area contributed by atoms with Crippen LogP contribution in [0, 0.1) is 0 Å². The van der Waals surface area contributed by atoms with Crippen LogP contribution in [-0.4, -0.2) is 0 Å². The molecule has 14 heavy (non-hydrogen) atoms. The molecule has 0 bridgehead atoms. The standard InChI is InChI=1S/C10H8Br2S2/c11-8-3-5-14-10(8)9(12)6-7-2-1-4-13-7/h1-5,9H,6H2. The number of halogens is 2. The number of hydrogen-bond donors (Lipinski definition) is 0. The lowest BCUT2D eigenvalue weighted by Crippen LogP contribution is -1.90. The molecule has 2 aromatic heterocycles. The molecule has 0 aliphatic carbocycles. The molecule has 1 unspecified atom stereocenters. The van der Waals surface area contributed by atoms with Crippen molar-refractivity contribution < 1.29 is 0 Å². The lowest BCUT2D eigenvalue weighted by Gasteiger charge is -2.06. The van der Waals surface area contributed by atoms with Gasteiger partial charge in [-0.3, -0.25) is 0 Å². The fraction of sp³-hybridized carbons (Fsp3) is 0.200. The molecule has 4 heteroatoms. The topological polar surface area (TPSA) is 0 Å². The SMILES string of the molecule is Brc1ccsc1C(Br)Cc1cccs1. The smallest absolute Gasteiger partial charge is 0.0548 e. The highest BCUT2D eigenvalue weighted by molar-refractivity contribution is 9.11. The van der Waals surface area contributed by atoms with E-state index in [0.29, 0.717) is 4.83 Å². The van der Waals surface area contributed by atoms with Gasteiger partial charge in [0, 0.05) is 14.2 Å². The molecule has 0 amide bonds. The normalized spacial score (nSPS) is 13.0. The first-order valence-corrected chi connectivity index (χ1v) is 7.63. The van der Waals surface area contributed by atoms with E-state index in [2.05, 4.69) is 60.8 Å². The zero-order valence-electron chi connectivity index (χ0n) is 7.24. The zero-order chi connectivity index (χ0) is 9.97. The molecule has 0 aliphatic rings. The predicted molar refractivity (Wildman–Crippen MR) is 71.7 cm³/mol. The first-order chi connectivity index (χ1) is 6.77. The van der Waals surface area contributed by atoms with Crippen molar-refractivity contribution in [1.29, 1.82) is 0 Å². The average molecular weight is 352 g/mol. The van der Waals surface area contributed by atoms with Gasteiger partial charge in [-0.25, -0.2) is 0 Å². The van der Waals surface area contributed by atoms with Crippen LogP contribution in [0.4, 0.5) is 0 Å². The molecule has 0 N–H and O–H groups in total. The summed E-state index contributed by atoms with van der Waals surface area (Å²) in [4.78, 5) is 3.22. The fourth-order valence-corrected chi connectivity index (χ4v) is 5.05. The van der Waals surface area contributed by atoms with Crippen molar-refractivity contribution in [3.63, 3.8) is 0 Å². The van der Waals surface area contributed by atoms with Crippen molar-refractivity contribution in [2.24, 2.45) is 0 Å². The maximum Gasteiger partial charge on any atom is 0.0548 e. The van der Waals surface area contributed by atoms with Crippen molar-refractivity contribution >= 4 is 54.5 Å². The molecule has 2 heterocycles. The summed E-state index contributed by atoms with van der Waals surface area (Å²) in [5, 5.41) is 4.24. The third kappa shape index (κ3) is 2.48. The summed E-state index contributed by atoms with van der Waals surface area (Å²) < 4.78 is 1.21. The van der Waals surface area contributed by atoms with Crippen molar-refractivity contribution in [1.82, 2.24) is 0 Å². The van der Waals surface area contributed by atoms with Gasteiger partial charge in [0.1, 0.15) is 0 Å². The van der Waals surface area contributed by atoms with Crippen LogP contribution in [0.5, 0.6) is 0 Å². The van der Waals surface area contributed by atoms with E-state index in [1.807, 2.05) is 11.3 Å². The molecule has 2 aromatic rings. The predicted octanol–water partition coefficient (Wildman–Crippen LogP) is 5.25. The van der Waals surface area contributed by atoms with Gasteiger partial charge in [-0.15, -0.1) is 22.7 Å². The molecule has 0 saturated heterocycles. The van der Waals surface area contributed by atoms with E-state index < -0.39 is 0 Å². The third-order valence-electron chi connectivity index (χ3n) is 1.89. The zero-order valence-corrected chi connectivity index (χ0v) is 12.0. The monoisotopic (exact) mass is 350 g/mol. The molecule has 0 radical (unpaired) electrons. The van der Waals surface area contributed by atoms with E-state index in [9.17, 15) is 0 Å². The summed E-state index contributed by atoms with van der Waals surface area (Å²) in [6, 6.07) is 6.38. The van der Waals surface area contributed by atoms with Crippen LogP contribution in [0.15, 0.2) is 33.4 Å². The Balaban J connectivity index is 2.10. The molecular weight excluding hydrogens is 344 g/mol. The third-order valence-corrected chi connectivity index (χ3v) is 5.86. The highest BCUT2D eigenvalue weighted by Gasteiger charge is 2.13. The van der Waals surface area contributed by atoms with Crippen LogP contribution < -0.4 is 0 Å². The van der Waals surface area contributed by atoms with Crippen LogP contribution in [0.3, 0.4) is 0 Å². The van der Waals surface area contributed by atoms with Gasteiger partial charge in [0.25, 0.3) is 0 Å². The van der Waals surface area contributed by atoms with Crippen molar-refractivity contribution in [2.45, 2.75) is 11.2 Å². The van der Waals surface area contributed by atoms with Gasteiger partial charge in [-0.1, -0.05) is 22.0 Å². The Morgan fingerprint density at radius 2 is 2.07 bits per heavy atom. The van der Waals surface area contributed by atoms with E-state index in [1.54, 1.807) is 11.3 Å². The van der Waals surface area contributed by atoms with Gasteiger partial charge in [-0.05, 0) is 45.2 Å². The Morgan fingerprint density at radius 3 is 2.64 bits per heavy atom.